The first-order chi connectivity index (χ1) is 17.0. The van der Waals surface area contributed by atoms with Crippen molar-refractivity contribution in [2.75, 3.05) is 30.4 Å². The van der Waals surface area contributed by atoms with E-state index >= 15 is 0 Å². The zero-order valence-corrected chi connectivity index (χ0v) is 22.6. The molecule has 2 aromatic carbocycles. The van der Waals surface area contributed by atoms with Crippen LogP contribution in [0.4, 0.5) is 5.69 Å². The lowest BCUT2D eigenvalue weighted by atomic mass is 10.1. The fourth-order valence-electron chi connectivity index (χ4n) is 3.61. The first-order valence-electron chi connectivity index (χ1n) is 11.4. The standard InChI is InChI=1S/C24H29Cl2N3O6S/c1-4-5-10-27-24(31)16(2)28(13-17-6-8-19(25)20(26)11-17)23(30)14-29(36(3,32)33)18-7-9-21-22(12-18)35-15-34-21/h6-9,11-12,16H,4-5,10,13-15H2,1-3H3,(H,27,31)/t16-/m1/s1. The summed E-state index contributed by atoms with van der Waals surface area (Å²) in [5, 5.41) is 3.49. The molecule has 1 atom stereocenters. The summed E-state index contributed by atoms with van der Waals surface area (Å²) in [5.41, 5.74) is 0.879. The Hall–Kier alpha value is -2.69. The lowest BCUT2D eigenvalue weighted by Gasteiger charge is -2.31. The fourth-order valence-corrected chi connectivity index (χ4v) is 4.77. The minimum Gasteiger partial charge on any atom is -0.454 e. The summed E-state index contributed by atoms with van der Waals surface area (Å²) < 4.78 is 37.0. The van der Waals surface area contributed by atoms with Gasteiger partial charge in [-0.3, -0.25) is 13.9 Å². The quantitative estimate of drug-likeness (QED) is 0.421. The van der Waals surface area contributed by atoms with Gasteiger partial charge in [-0.1, -0.05) is 42.6 Å². The van der Waals surface area contributed by atoms with Crippen LogP contribution < -0.4 is 19.1 Å². The Morgan fingerprint density at radius 3 is 2.47 bits per heavy atom. The Morgan fingerprint density at radius 1 is 1.08 bits per heavy atom. The van der Waals surface area contributed by atoms with Crippen molar-refractivity contribution in [2.45, 2.75) is 39.3 Å². The van der Waals surface area contributed by atoms with Crippen molar-refractivity contribution in [3.8, 4) is 11.5 Å². The Balaban J connectivity index is 1.89. The molecule has 0 saturated heterocycles. The van der Waals surface area contributed by atoms with Crippen LogP contribution in [0.5, 0.6) is 11.5 Å². The number of benzene rings is 2. The molecule has 0 aliphatic carbocycles. The number of nitrogens with one attached hydrogen (secondary N) is 1. The molecule has 0 aromatic heterocycles. The number of sulfonamides is 1. The number of unbranched alkanes of at least 4 members (excludes halogenated alkanes) is 1. The van der Waals surface area contributed by atoms with E-state index in [0.717, 1.165) is 23.4 Å². The second-order valence-corrected chi connectivity index (χ2v) is 11.1. The average molecular weight is 558 g/mol. The van der Waals surface area contributed by atoms with Crippen LogP contribution in [0.25, 0.3) is 0 Å². The van der Waals surface area contributed by atoms with E-state index in [1.807, 2.05) is 6.92 Å². The van der Waals surface area contributed by atoms with E-state index in [1.165, 1.54) is 17.0 Å². The summed E-state index contributed by atoms with van der Waals surface area (Å²) in [4.78, 5) is 27.7. The lowest BCUT2D eigenvalue weighted by molar-refractivity contribution is -0.139. The number of hydrogen-bond donors (Lipinski definition) is 1. The maximum Gasteiger partial charge on any atom is 0.244 e. The summed E-state index contributed by atoms with van der Waals surface area (Å²) in [6, 6.07) is 8.65. The van der Waals surface area contributed by atoms with Crippen molar-refractivity contribution in [1.82, 2.24) is 10.2 Å². The molecule has 0 fully saturated rings. The van der Waals surface area contributed by atoms with Crippen LogP contribution in [-0.2, 0) is 26.2 Å². The van der Waals surface area contributed by atoms with Gasteiger partial charge in [0.2, 0.25) is 28.6 Å². The third-order valence-corrected chi connectivity index (χ3v) is 7.54. The molecular formula is C24H29Cl2N3O6S. The number of hydrogen-bond acceptors (Lipinski definition) is 6. The highest BCUT2D eigenvalue weighted by atomic mass is 35.5. The van der Waals surface area contributed by atoms with Crippen LogP contribution >= 0.6 is 23.2 Å². The summed E-state index contributed by atoms with van der Waals surface area (Å²) >= 11 is 12.2. The van der Waals surface area contributed by atoms with Gasteiger partial charge < -0.3 is 19.7 Å². The normalized spacial score (nSPS) is 13.2. The summed E-state index contributed by atoms with van der Waals surface area (Å²) in [7, 11) is -3.86. The molecule has 0 unspecified atom stereocenters. The number of ether oxygens (including phenoxy) is 2. The number of halogens is 2. The SMILES string of the molecule is CCCCNC(=O)[C@@H](C)N(Cc1ccc(Cl)c(Cl)c1)C(=O)CN(c1ccc2c(c1)OCO2)S(C)(=O)=O. The minimum absolute atomic E-state index is 0.0246. The molecule has 12 heteroatoms. The molecule has 0 spiro atoms. The number of nitrogens with zero attached hydrogens (tertiary/aromatic N) is 2. The monoisotopic (exact) mass is 557 g/mol. The molecule has 0 radical (unpaired) electrons. The van der Waals surface area contributed by atoms with E-state index in [0.29, 0.717) is 33.7 Å². The van der Waals surface area contributed by atoms with Crippen molar-refractivity contribution >= 4 is 50.7 Å². The smallest absolute Gasteiger partial charge is 0.244 e. The highest BCUT2D eigenvalue weighted by molar-refractivity contribution is 7.92. The van der Waals surface area contributed by atoms with Crippen LogP contribution in [0, 0.1) is 0 Å². The van der Waals surface area contributed by atoms with Crippen molar-refractivity contribution in [3.05, 3.63) is 52.0 Å². The number of carbonyl (C=O) groups is 2. The number of anilines is 1. The maximum atomic E-state index is 13.6. The van der Waals surface area contributed by atoms with Gasteiger partial charge in [-0.15, -0.1) is 0 Å². The van der Waals surface area contributed by atoms with Gasteiger partial charge in [0.15, 0.2) is 11.5 Å². The highest BCUT2D eigenvalue weighted by Crippen LogP contribution is 2.36. The fraction of sp³-hybridized carbons (Fsp3) is 0.417. The third-order valence-electron chi connectivity index (χ3n) is 5.66. The molecular weight excluding hydrogens is 529 g/mol. The molecule has 1 heterocycles. The molecule has 2 aromatic rings. The number of carbonyl (C=O) groups excluding carboxylic acids is 2. The number of amides is 2. The largest absolute Gasteiger partial charge is 0.454 e. The van der Waals surface area contributed by atoms with Crippen LogP contribution in [0.3, 0.4) is 0 Å². The molecule has 196 valence electrons. The predicted molar refractivity (Wildman–Crippen MR) is 139 cm³/mol. The zero-order valence-electron chi connectivity index (χ0n) is 20.3. The van der Waals surface area contributed by atoms with Gasteiger partial charge in [-0.2, -0.15) is 0 Å². The Bertz CT molecular complexity index is 1220. The van der Waals surface area contributed by atoms with Gasteiger partial charge in [-0.25, -0.2) is 8.42 Å². The molecule has 1 aliphatic rings. The first kappa shape index (κ1) is 27.9. The Morgan fingerprint density at radius 2 is 1.81 bits per heavy atom. The molecule has 3 rings (SSSR count). The average Bonchev–Trinajstić information content (AvgIpc) is 3.30. The minimum atomic E-state index is -3.86. The second kappa shape index (κ2) is 12.0. The predicted octanol–water partition coefficient (Wildman–Crippen LogP) is 3.82. The third kappa shape index (κ3) is 6.96. The lowest BCUT2D eigenvalue weighted by Crippen LogP contribution is -2.51. The van der Waals surface area contributed by atoms with Gasteiger partial charge in [0.25, 0.3) is 0 Å². The van der Waals surface area contributed by atoms with E-state index in [4.69, 9.17) is 32.7 Å². The van der Waals surface area contributed by atoms with Gasteiger partial charge in [0.05, 0.1) is 22.0 Å². The second-order valence-electron chi connectivity index (χ2n) is 8.40. The summed E-state index contributed by atoms with van der Waals surface area (Å²) in [6.07, 6.45) is 2.71. The molecule has 1 N–H and O–H groups in total. The zero-order chi connectivity index (χ0) is 26.5. The highest BCUT2D eigenvalue weighted by Gasteiger charge is 2.30. The van der Waals surface area contributed by atoms with E-state index in [-0.39, 0.29) is 24.9 Å². The summed E-state index contributed by atoms with van der Waals surface area (Å²) in [6.45, 7) is 3.61. The van der Waals surface area contributed by atoms with Gasteiger partial charge in [0.1, 0.15) is 12.6 Å². The Labute approximate surface area is 221 Å². The van der Waals surface area contributed by atoms with Crippen LogP contribution in [0.15, 0.2) is 36.4 Å². The van der Waals surface area contributed by atoms with Crippen molar-refractivity contribution in [2.24, 2.45) is 0 Å². The topological polar surface area (TPSA) is 105 Å². The van der Waals surface area contributed by atoms with E-state index in [2.05, 4.69) is 5.32 Å². The van der Waals surface area contributed by atoms with Crippen LogP contribution in [0.1, 0.15) is 32.3 Å². The maximum absolute atomic E-state index is 13.6. The molecule has 9 nitrogen and oxygen atoms in total. The molecule has 0 bridgehead atoms. The van der Waals surface area contributed by atoms with E-state index in [9.17, 15) is 18.0 Å². The molecule has 2 amide bonds. The van der Waals surface area contributed by atoms with Gasteiger partial charge in [0, 0.05) is 19.2 Å². The van der Waals surface area contributed by atoms with Crippen LogP contribution in [-0.4, -0.2) is 57.3 Å². The number of rotatable bonds is 11. The first-order valence-corrected chi connectivity index (χ1v) is 14.0. The van der Waals surface area contributed by atoms with Crippen molar-refractivity contribution < 1.29 is 27.5 Å². The van der Waals surface area contributed by atoms with Gasteiger partial charge in [-0.05, 0) is 43.2 Å². The van der Waals surface area contributed by atoms with Crippen LogP contribution in [0.2, 0.25) is 10.0 Å². The summed E-state index contributed by atoms with van der Waals surface area (Å²) in [5.74, 6) is -0.0461. The van der Waals surface area contributed by atoms with Crippen molar-refractivity contribution in [3.63, 3.8) is 0 Å². The van der Waals surface area contributed by atoms with Crippen molar-refractivity contribution in [1.29, 1.82) is 0 Å². The molecule has 0 saturated carbocycles. The van der Waals surface area contributed by atoms with Gasteiger partial charge >= 0.3 is 0 Å². The van der Waals surface area contributed by atoms with E-state index in [1.54, 1.807) is 31.2 Å². The Kier molecular flexibility index (Phi) is 9.32. The number of fused-ring (bicyclic) bond motifs is 1. The molecule has 1 aliphatic heterocycles. The van der Waals surface area contributed by atoms with E-state index < -0.39 is 28.5 Å². The molecule has 36 heavy (non-hydrogen) atoms.